The molecular formula is C8H14F4O. The highest BCUT2D eigenvalue weighted by molar-refractivity contribution is 4.64. The van der Waals surface area contributed by atoms with Gasteiger partial charge in [-0.1, -0.05) is 19.8 Å². The maximum Gasteiger partial charge on any atom is 0.421 e. The Morgan fingerprint density at radius 3 is 2.31 bits per heavy atom. The Bertz CT molecular complexity index is 124. The van der Waals surface area contributed by atoms with Crippen LogP contribution in [0.2, 0.25) is 0 Å². The van der Waals surface area contributed by atoms with Gasteiger partial charge >= 0.3 is 6.18 Å². The van der Waals surface area contributed by atoms with E-state index >= 15 is 0 Å². The summed E-state index contributed by atoms with van der Waals surface area (Å²) in [6.07, 6.45) is -5.11. The molecule has 0 bridgehead atoms. The fourth-order valence-electron chi connectivity index (χ4n) is 0.735. The highest BCUT2D eigenvalue weighted by atomic mass is 19.4. The SMILES string of the molecule is CCCCCOCC(F)C(F)(F)F. The molecule has 1 unspecified atom stereocenters. The van der Waals surface area contributed by atoms with Gasteiger partial charge in [-0.2, -0.15) is 13.2 Å². The number of hydrogen-bond acceptors (Lipinski definition) is 1. The molecule has 0 aromatic carbocycles. The zero-order valence-corrected chi connectivity index (χ0v) is 7.53. The summed E-state index contributed by atoms with van der Waals surface area (Å²) < 4.78 is 51.4. The largest absolute Gasteiger partial charge is 0.421 e. The first-order valence-electron chi connectivity index (χ1n) is 4.27. The van der Waals surface area contributed by atoms with E-state index in [0.717, 1.165) is 12.8 Å². The van der Waals surface area contributed by atoms with Gasteiger partial charge in [-0.25, -0.2) is 4.39 Å². The third-order valence-electron chi connectivity index (χ3n) is 1.51. The lowest BCUT2D eigenvalue weighted by atomic mass is 10.3. The zero-order chi connectivity index (χ0) is 10.3. The summed E-state index contributed by atoms with van der Waals surface area (Å²) in [6.45, 7) is 1.28. The van der Waals surface area contributed by atoms with Crippen LogP contribution in [0.15, 0.2) is 0 Å². The molecule has 0 saturated carbocycles. The summed E-state index contributed by atoms with van der Waals surface area (Å²) in [6, 6.07) is 0. The van der Waals surface area contributed by atoms with E-state index in [1.165, 1.54) is 0 Å². The van der Waals surface area contributed by atoms with E-state index in [-0.39, 0.29) is 6.61 Å². The van der Waals surface area contributed by atoms with E-state index in [2.05, 4.69) is 4.74 Å². The number of alkyl halides is 4. The van der Waals surface area contributed by atoms with Crippen molar-refractivity contribution >= 4 is 0 Å². The summed E-state index contributed by atoms with van der Waals surface area (Å²) in [5.41, 5.74) is 0. The van der Waals surface area contributed by atoms with Crippen LogP contribution in [0.3, 0.4) is 0 Å². The molecule has 0 aliphatic heterocycles. The first-order valence-corrected chi connectivity index (χ1v) is 4.27. The van der Waals surface area contributed by atoms with E-state index < -0.39 is 19.0 Å². The van der Waals surface area contributed by atoms with Crippen molar-refractivity contribution < 1.29 is 22.3 Å². The third-order valence-corrected chi connectivity index (χ3v) is 1.51. The lowest BCUT2D eigenvalue weighted by molar-refractivity contribution is -0.193. The van der Waals surface area contributed by atoms with Crippen molar-refractivity contribution in [2.45, 2.75) is 38.5 Å². The van der Waals surface area contributed by atoms with E-state index in [1.54, 1.807) is 0 Å². The van der Waals surface area contributed by atoms with Crippen molar-refractivity contribution in [3.05, 3.63) is 0 Å². The van der Waals surface area contributed by atoms with Crippen LogP contribution < -0.4 is 0 Å². The average Bonchev–Trinajstić information content (AvgIpc) is 2.02. The first kappa shape index (κ1) is 12.7. The van der Waals surface area contributed by atoms with Gasteiger partial charge in [-0.05, 0) is 6.42 Å². The fraction of sp³-hybridized carbons (Fsp3) is 1.00. The predicted octanol–water partition coefficient (Wildman–Crippen LogP) is 3.09. The van der Waals surface area contributed by atoms with E-state index in [4.69, 9.17) is 0 Å². The number of ether oxygens (including phenoxy) is 1. The molecule has 0 fully saturated rings. The van der Waals surface area contributed by atoms with E-state index in [1.807, 2.05) is 6.92 Å². The number of rotatable bonds is 6. The molecule has 1 nitrogen and oxygen atoms in total. The Labute approximate surface area is 75.1 Å². The second-order valence-corrected chi connectivity index (χ2v) is 2.79. The number of unbranched alkanes of at least 4 members (excludes halogenated alkanes) is 2. The lowest BCUT2D eigenvalue weighted by Gasteiger charge is -2.12. The quantitative estimate of drug-likeness (QED) is 0.475. The molecule has 5 heteroatoms. The van der Waals surface area contributed by atoms with Crippen molar-refractivity contribution in [1.82, 2.24) is 0 Å². The molecule has 0 saturated heterocycles. The molecule has 0 spiro atoms. The second-order valence-electron chi connectivity index (χ2n) is 2.79. The van der Waals surface area contributed by atoms with Gasteiger partial charge in [0.05, 0.1) is 6.61 Å². The minimum absolute atomic E-state index is 0.199. The highest BCUT2D eigenvalue weighted by Gasteiger charge is 2.40. The van der Waals surface area contributed by atoms with Crippen molar-refractivity contribution in [3.8, 4) is 0 Å². The summed E-state index contributed by atoms with van der Waals surface area (Å²) in [7, 11) is 0. The minimum Gasteiger partial charge on any atom is -0.378 e. The van der Waals surface area contributed by atoms with Gasteiger partial charge in [0, 0.05) is 6.61 Å². The summed E-state index contributed by atoms with van der Waals surface area (Å²) >= 11 is 0. The van der Waals surface area contributed by atoms with Gasteiger partial charge in [0.25, 0.3) is 0 Å². The summed E-state index contributed by atoms with van der Waals surface area (Å²) in [5.74, 6) is 0. The predicted molar refractivity (Wildman–Crippen MR) is 41.3 cm³/mol. The summed E-state index contributed by atoms with van der Waals surface area (Å²) in [5, 5.41) is 0. The Kier molecular flexibility index (Phi) is 6.03. The normalized spacial score (nSPS) is 14.5. The molecule has 13 heavy (non-hydrogen) atoms. The Hall–Kier alpha value is -0.320. The molecule has 0 aromatic rings. The fourth-order valence-corrected chi connectivity index (χ4v) is 0.735. The van der Waals surface area contributed by atoms with Gasteiger partial charge in [-0.15, -0.1) is 0 Å². The topological polar surface area (TPSA) is 9.23 Å². The van der Waals surface area contributed by atoms with Crippen molar-refractivity contribution in [3.63, 3.8) is 0 Å². The molecule has 0 radical (unpaired) electrons. The van der Waals surface area contributed by atoms with Crippen LogP contribution in [0.5, 0.6) is 0 Å². The molecule has 1 atom stereocenters. The van der Waals surface area contributed by atoms with Gasteiger partial charge in [0.1, 0.15) is 0 Å². The standard InChI is InChI=1S/C8H14F4O/c1-2-3-4-5-13-6-7(9)8(10,11)12/h7H,2-6H2,1H3. The Morgan fingerprint density at radius 2 is 1.85 bits per heavy atom. The van der Waals surface area contributed by atoms with Crippen LogP contribution >= 0.6 is 0 Å². The third kappa shape index (κ3) is 6.81. The molecule has 0 aromatic heterocycles. The maximum atomic E-state index is 12.2. The van der Waals surface area contributed by atoms with Crippen LogP contribution in [0.25, 0.3) is 0 Å². The van der Waals surface area contributed by atoms with Crippen molar-refractivity contribution in [1.29, 1.82) is 0 Å². The van der Waals surface area contributed by atoms with Gasteiger partial charge in [0.15, 0.2) is 0 Å². The first-order chi connectivity index (χ1) is 5.98. The highest BCUT2D eigenvalue weighted by Crippen LogP contribution is 2.22. The van der Waals surface area contributed by atoms with Crippen molar-refractivity contribution in [2.24, 2.45) is 0 Å². The smallest absolute Gasteiger partial charge is 0.378 e. The molecule has 0 aliphatic rings. The summed E-state index contributed by atoms with van der Waals surface area (Å²) in [4.78, 5) is 0. The number of halogens is 4. The molecule has 0 N–H and O–H groups in total. The van der Waals surface area contributed by atoms with Crippen molar-refractivity contribution in [2.75, 3.05) is 13.2 Å². The van der Waals surface area contributed by atoms with Crippen LogP contribution in [0, 0.1) is 0 Å². The number of hydrogen-bond donors (Lipinski definition) is 0. The Balaban J connectivity index is 3.32. The molecule has 0 rings (SSSR count). The lowest BCUT2D eigenvalue weighted by Crippen LogP contribution is -2.29. The van der Waals surface area contributed by atoms with Gasteiger partial charge in [-0.3, -0.25) is 0 Å². The molecule has 0 amide bonds. The molecular weight excluding hydrogens is 188 g/mol. The zero-order valence-electron chi connectivity index (χ0n) is 7.53. The molecule has 0 aliphatic carbocycles. The maximum absolute atomic E-state index is 12.2. The monoisotopic (exact) mass is 202 g/mol. The van der Waals surface area contributed by atoms with Gasteiger partial charge < -0.3 is 4.74 Å². The second kappa shape index (κ2) is 6.18. The minimum atomic E-state index is -4.79. The van der Waals surface area contributed by atoms with Gasteiger partial charge in [0.2, 0.25) is 6.17 Å². The van der Waals surface area contributed by atoms with Crippen LogP contribution in [-0.2, 0) is 4.74 Å². The van der Waals surface area contributed by atoms with E-state index in [9.17, 15) is 17.6 Å². The van der Waals surface area contributed by atoms with Crippen LogP contribution in [0.1, 0.15) is 26.2 Å². The molecule has 80 valence electrons. The Morgan fingerprint density at radius 1 is 1.23 bits per heavy atom. The van der Waals surface area contributed by atoms with Crippen LogP contribution in [-0.4, -0.2) is 25.6 Å². The van der Waals surface area contributed by atoms with Crippen LogP contribution in [0.4, 0.5) is 17.6 Å². The van der Waals surface area contributed by atoms with E-state index in [0.29, 0.717) is 6.42 Å². The average molecular weight is 202 g/mol. The molecule has 0 heterocycles.